The van der Waals surface area contributed by atoms with Crippen molar-refractivity contribution in [2.75, 3.05) is 5.32 Å². The molecule has 4 aromatic rings. The van der Waals surface area contributed by atoms with Crippen molar-refractivity contribution in [1.82, 2.24) is 14.8 Å². The topological polar surface area (TPSA) is 59.8 Å². The Kier molecular flexibility index (Phi) is 3.51. The van der Waals surface area contributed by atoms with Gasteiger partial charge < -0.3 is 5.32 Å². The first-order valence-electron chi connectivity index (χ1n) is 7.57. The number of carbonyl (C=O) groups excluding carboxylic acids is 1. The van der Waals surface area contributed by atoms with Gasteiger partial charge in [0.15, 0.2) is 0 Å². The summed E-state index contributed by atoms with van der Waals surface area (Å²) in [5.74, 6) is -0.201. The van der Waals surface area contributed by atoms with Crippen LogP contribution in [0.15, 0.2) is 79.1 Å². The van der Waals surface area contributed by atoms with Gasteiger partial charge in [-0.1, -0.05) is 54.6 Å². The Morgan fingerprint density at radius 3 is 2.50 bits per heavy atom. The molecule has 0 radical (unpaired) electrons. The van der Waals surface area contributed by atoms with Crippen LogP contribution >= 0.6 is 0 Å². The van der Waals surface area contributed by atoms with E-state index in [1.165, 1.54) is 6.33 Å². The third-order valence-corrected chi connectivity index (χ3v) is 3.75. The van der Waals surface area contributed by atoms with E-state index >= 15 is 0 Å². The van der Waals surface area contributed by atoms with Crippen molar-refractivity contribution >= 4 is 22.4 Å². The second kappa shape index (κ2) is 5.96. The Bertz CT molecular complexity index is 1000. The second-order valence-corrected chi connectivity index (χ2v) is 5.33. The molecule has 24 heavy (non-hydrogen) atoms. The Morgan fingerprint density at radius 2 is 1.62 bits per heavy atom. The average molecular weight is 314 g/mol. The van der Waals surface area contributed by atoms with E-state index in [-0.39, 0.29) is 11.7 Å². The molecule has 0 unspecified atom stereocenters. The Labute approximate surface area is 138 Å². The third-order valence-electron chi connectivity index (χ3n) is 3.75. The first kappa shape index (κ1) is 14.1. The van der Waals surface area contributed by atoms with Gasteiger partial charge in [-0.05, 0) is 23.6 Å². The number of aromatic nitrogens is 3. The van der Waals surface area contributed by atoms with E-state index in [0.29, 0.717) is 0 Å². The predicted octanol–water partition coefficient (Wildman–Crippen LogP) is 3.67. The zero-order chi connectivity index (χ0) is 16.4. The first-order valence-corrected chi connectivity index (χ1v) is 7.57. The lowest BCUT2D eigenvalue weighted by atomic mass is 10.1. The van der Waals surface area contributed by atoms with Crippen LogP contribution in [-0.4, -0.2) is 20.7 Å². The van der Waals surface area contributed by atoms with Crippen LogP contribution in [0.25, 0.3) is 16.5 Å². The quantitative estimate of drug-likeness (QED) is 0.627. The lowest BCUT2D eigenvalue weighted by Gasteiger charge is -2.07. The zero-order valence-electron chi connectivity index (χ0n) is 12.8. The smallest absolute Gasteiger partial charge is 0.295 e. The molecule has 5 nitrogen and oxygen atoms in total. The summed E-state index contributed by atoms with van der Waals surface area (Å²) in [5.41, 5.74) is 1.60. The summed E-state index contributed by atoms with van der Waals surface area (Å²) < 4.78 is 1.58. The molecule has 3 aromatic carbocycles. The lowest BCUT2D eigenvalue weighted by Crippen LogP contribution is -2.14. The summed E-state index contributed by atoms with van der Waals surface area (Å²) in [7, 11) is 0. The maximum Gasteiger partial charge on any atom is 0.295 e. The minimum Gasteiger partial charge on any atom is -0.319 e. The highest BCUT2D eigenvalue weighted by Crippen LogP contribution is 2.23. The van der Waals surface area contributed by atoms with Crippen molar-refractivity contribution in [2.24, 2.45) is 0 Å². The highest BCUT2D eigenvalue weighted by atomic mass is 16.2. The first-order chi connectivity index (χ1) is 11.8. The zero-order valence-corrected chi connectivity index (χ0v) is 12.8. The number of hydrogen-bond donors (Lipinski definition) is 1. The standard InChI is InChI=1S/C19H14N4O/c24-19(18-20-13-23(22-18)15-9-2-1-3-10-15)21-17-12-6-8-14-7-4-5-11-16(14)17/h1-13H,(H,21,24). The summed E-state index contributed by atoms with van der Waals surface area (Å²) in [6.07, 6.45) is 1.54. The van der Waals surface area contributed by atoms with E-state index in [2.05, 4.69) is 15.4 Å². The van der Waals surface area contributed by atoms with E-state index in [9.17, 15) is 4.79 Å². The average Bonchev–Trinajstić information content (AvgIpc) is 3.13. The Hall–Kier alpha value is -3.47. The molecule has 4 rings (SSSR count). The van der Waals surface area contributed by atoms with E-state index in [1.807, 2.05) is 72.8 Å². The van der Waals surface area contributed by atoms with Crippen molar-refractivity contribution in [2.45, 2.75) is 0 Å². The normalized spacial score (nSPS) is 10.7. The predicted molar refractivity (Wildman–Crippen MR) is 93.3 cm³/mol. The number of amides is 1. The van der Waals surface area contributed by atoms with Crippen LogP contribution in [0.2, 0.25) is 0 Å². The van der Waals surface area contributed by atoms with Crippen molar-refractivity contribution in [3.05, 3.63) is 84.9 Å². The fourth-order valence-electron chi connectivity index (χ4n) is 2.58. The fraction of sp³-hybridized carbons (Fsp3) is 0. The van der Waals surface area contributed by atoms with Crippen molar-refractivity contribution in [1.29, 1.82) is 0 Å². The van der Waals surface area contributed by atoms with Crippen molar-refractivity contribution < 1.29 is 4.79 Å². The van der Waals surface area contributed by atoms with E-state index < -0.39 is 0 Å². The van der Waals surface area contributed by atoms with Crippen molar-refractivity contribution in [3.8, 4) is 5.69 Å². The van der Waals surface area contributed by atoms with Gasteiger partial charge in [0.2, 0.25) is 5.82 Å². The van der Waals surface area contributed by atoms with Gasteiger partial charge in [0.1, 0.15) is 6.33 Å². The summed E-state index contributed by atoms with van der Waals surface area (Å²) in [4.78, 5) is 16.6. The maximum atomic E-state index is 12.5. The third kappa shape index (κ3) is 2.63. The molecule has 1 aromatic heterocycles. The van der Waals surface area contributed by atoms with E-state index in [0.717, 1.165) is 22.1 Å². The van der Waals surface area contributed by atoms with Crippen LogP contribution in [0.5, 0.6) is 0 Å². The molecule has 1 amide bonds. The number of rotatable bonds is 3. The number of carbonyl (C=O) groups is 1. The van der Waals surface area contributed by atoms with Gasteiger partial charge in [0.05, 0.1) is 5.69 Å². The SMILES string of the molecule is O=C(Nc1cccc2ccccc12)c1ncn(-c2ccccc2)n1. The highest BCUT2D eigenvalue weighted by Gasteiger charge is 2.13. The van der Waals surface area contributed by atoms with Crippen LogP contribution < -0.4 is 5.32 Å². The molecule has 0 aliphatic heterocycles. The summed E-state index contributed by atoms with van der Waals surface area (Å²) in [5, 5.41) is 9.19. The van der Waals surface area contributed by atoms with Crippen LogP contribution in [0.3, 0.4) is 0 Å². The molecular weight excluding hydrogens is 300 g/mol. The van der Waals surface area contributed by atoms with Gasteiger partial charge in [0, 0.05) is 11.1 Å². The molecule has 5 heteroatoms. The highest BCUT2D eigenvalue weighted by molar-refractivity contribution is 6.07. The fourth-order valence-corrected chi connectivity index (χ4v) is 2.58. The monoisotopic (exact) mass is 314 g/mol. The summed E-state index contributed by atoms with van der Waals surface area (Å²) in [6.45, 7) is 0. The molecular formula is C19H14N4O. The number of hydrogen-bond acceptors (Lipinski definition) is 3. The molecule has 0 aliphatic carbocycles. The van der Waals surface area contributed by atoms with Gasteiger partial charge in [-0.2, -0.15) is 0 Å². The van der Waals surface area contributed by atoms with Gasteiger partial charge in [-0.15, -0.1) is 5.10 Å². The summed E-state index contributed by atoms with van der Waals surface area (Å²) in [6, 6.07) is 23.2. The molecule has 0 bridgehead atoms. The molecule has 0 aliphatic rings. The molecule has 0 spiro atoms. The molecule has 0 saturated heterocycles. The number of anilines is 1. The van der Waals surface area contributed by atoms with Crippen LogP contribution in [0, 0.1) is 0 Å². The Morgan fingerprint density at radius 1 is 0.875 bits per heavy atom. The molecule has 0 fully saturated rings. The van der Waals surface area contributed by atoms with E-state index in [1.54, 1.807) is 4.68 Å². The number of fused-ring (bicyclic) bond motifs is 1. The number of para-hydroxylation sites is 1. The molecule has 1 heterocycles. The van der Waals surface area contributed by atoms with Gasteiger partial charge in [-0.25, -0.2) is 9.67 Å². The van der Waals surface area contributed by atoms with Gasteiger partial charge in [0.25, 0.3) is 5.91 Å². The van der Waals surface area contributed by atoms with Gasteiger partial charge in [-0.3, -0.25) is 4.79 Å². The molecule has 0 atom stereocenters. The van der Waals surface area contributed by atoms with E-state index in [4.69, 9.17) is 0 Å². The minimum absolute atomic E-state index is 0.131. The van der Waals surface area contributed by atoms with Crippen molar-refractivity contribution in [3.63, 3.8) is 0 Å². The van der Waals surface area contributed by atoms with Crippen LogP contribution in [0.4, 0.5) is 5.69 Å². The maximum absolute atomic E-state index is 12.5. The van der Waals surface area contributed by atoms with Gasteiger partial charge >= 0.3 is 0 Å². The molecule has 116 valence electrons. The molecule has 0 saturated carbocycles. The minimum atomic E-state index is -0.332. The number of nitrogens with zero attached hydrogens (tertiary/aromatic N) is 3. The summed E-state index contributed by atoms with van der Waals surface area (Å²) >= 11 is 0. The largest absolute Gasteiger partial charge is 0.319 e. The number of nitrogens with one attached hydrogen (secondary N) is 1. The van der Waals surface area contributed by atoms with Crippen LogP contribution in [0.1, 0.15) is 10.6 Å². The number of benzene rings is 3. The lowest BCUT2D eigenvalue weighted by molar-refractivity contribution is 0.101. The Balaban J connectivity index is 1.62. The second-order valence-electron chi connectivity index (χ2n) is 5.33. The molecule has 1 N–H and O–H groups in total. The van der Waals surface area contributed by atoms with Crippen LogP contribution in [-0.2, 0) is 0 Å².